The van der Waals surface area contributed by atoms with E-state index in [4.69, 9.17) is 4.98 Å². The molecule has 0 bridgehead atoms. The fourth-order valence-electron chi connectivity index (χ4n) is 10.9. The Morgan fingerprint density at radius 1 is 0.226 bits per heavy atom. The van der Waals surface area contributed by atoms with Crippen molar-refractivity contribution >= 4 is 0 Å². The minimum Gasteiger partial charge on any atom is -0.248 e. The van der Waals surface area contributed by atoms with Crippen molar-refractivity contribution in [2.24, 2.45) is 0 Å². The summed E-state index contributed by atoms with van der Waals surface area (Å²) < 4.78 is 0. The van der Waals surface area contributed by atoms with Gasteiger partial charge in [-0.05, 0) is 102 Å². The third kappa shape index (κ3) is 5.31. The van der Waals surface area contributed by atoms with Crippen molar-refractivity contribution in [2.75, 3.05) is 0 Å². The fourth-order valence-corrected chi connectivity index (χ4v) is 10.9. The highest BCUT2D eigenvalue weighted by Gasteiger charge is 2.47. The van der Waals surface area contributed by atoms with Gasteiger partial charge in [0.2, 0.25) is 0 Å². The van der Waals surface area contributed by atoms with Crippen molar-refractivity contribution in [1.29, 1.82) is 0 Å². The van der Waals surface area contributed by atoms with Crippen molar-refractivity contribution in [1.82, 2.24) is 4.98 Å². The van der Waals surface area contributed by atoms with Crippen molar-refractivity contribution in [3.8, 4) is 55.9 Å². The van der Waals surface area contributed by atoms with Gasteiger partial charge in [-0.1, -0.05) is 224 Å². The first-order valence-corrected chi connectivity index (χ1v) is 21.5. The van der Waals surface area contributed by atoms with Crippen LogP contribution in [-0.2, 0) is 10.8 Å². The van der Waals surface area contributed by atoms with Gasteiger partial charge in [0, 0.05) is 11.1 Å². The van der Waals surface area contributed by atoms with E-state index in [1.165, 1.54) is 66.8 Å². The number of pyridine rings is 1. The van der Waals surface area contributed by atoms with E-state index in [1.807, 2.05) is 0 Å². The summed E-state index contributed by atoms with van der Waals surface area (Å²) in [4.78, 5) is 5.60. The van der Waals surface area contributed by atoms with Crippen LogP contribution < -0.4 is 0 Å². The van der Waals surface area contributed by atoms with E-state index in [2.05, 4.69) is 249 Å². The predicted molar refractivity (Wildman–Crippen MR) is 255 cm³/mol. The smallest absolute Gasteiger partial charge is 0.0715 e. The molecule has 2 aliphatic rings. The van der Waals surface area contributed by atoms with Gasteiger partial charge in [-0.15, -0.1) is 0 Å². The van der Waals surface area contributed by atoms with Gasteiger partial charge in [0.05, 0.1) is 22.2 Å². The first-order valence-electron chi connectivity index (χ1n) is 21.5. The Kier molecular flexibility index (Phi) is 8.37. The first-order chi connectivity index (χ1) is 30.7. The minimum atomic E-state index is -0.502. The van der Waals surface area contributed by atoms with Crippen molar-refractivity contribution in [2.45, 2.75) is 10.8 Å². The zero-order chi connectivity index (χ0) is 41.1. The van der Waals surface area contributed by atoms with Gasteiger partial charge >= 0.3 is 0 Å². The molecule has 0 unspecified atom stereocenters. The highest BCUT2D eigenvalue weighted by atomic mass is 14.7. The van der Waals surface area contributed by atoms with Crippen LogP contribution in [0.3, 0.4) is 0 Å². The summed E-state index contributed by atoms with van der Waals surface area (Å²) >= 11 is 0. The zero-order valence-electron chi connectivity index (χ0n) is 34.1. The maximum absolute atomic E-state index is 5.60. The number of hydrogen-bond donors (Lipinski definition) is 0. The Labute approximate surface area is 363 Å². The maximum atomic E-state index is 5.60. The van der Waals surface area contributed by atoms with Gasteiger partial charge in [0.1, 0.15) is 0 Å². The number of benzene rings is 9. The molecule has 0 N–H and O–H groups in total. The Morgan fingerprint density at radius 3 is 0.919 bits per heavy atom. The van der Waals surface area contributed by atoms with E-state index in [9.17, 15) is 0 Å². The lowest BCUT2D eigenvalue weighted by atomic mass is 9.67. The molecule has 2 aliphatic carbocycles. The van der Waals surface area contributed by atoms with Crippen LogP contribution in [0, 0.1) is 0 Å². The highest BCUT2D eigenvalue weighted by Crippen LogP contribution is 2.58. The molecule has 0 saturated heterocycles. The molecule has 1 heterocycles. The molecule has 10 aromatic rings. The van der Waals surface area contributed by atoms with Crippen LogP contribution in [0.2, 0.25) is 0 Å². The highest BCUT2D eigenvalue weighted by molar-refractivity contribution is 5.89. The quantitative estimate of drug-likeness (QED) is 0.157. The van der Waals surface area contributed by atoms with Crippen LogP contribution >= 0.6 is 0 Å². The summed E-state index contributed by atoms with van der Waals surface area (Å²) in [6, 6.07) is 91.3. The Balaban J connectivity index is 1.07. The molecule has 12 rings (SSSR count). The van der Waals surface area contributed by atoms with E-state index < -0.39 is 10.8 Å². The molecule has 0 amide bonds. The molecular weight excluding hydrogens is 747 g/mol. The lowest BCUT2D eigenvalue weighted by Crippen LogP contribution is -2.28. The molecule has 1 nitrogen and oxygen atoms in total. The number of nitrogens with zero attached hydrogens (tertiary/aromatic N) is 1. The SMILES string of the molecule is c1ccc(-c2cc(-c3cccc(C4(c5ccccc5)c5ccccc5-c5ccccc54)c3)nc(-c3cccc(C4(c5ccccc5)c5ccccc5-c5ccccc54)c3)c2)cc1. The monoisotopic (exact) mass is 787 g/mol. The summed E-state index contributed by atoms with van der Waals surface area (Å²) in [6.07, 6.45) is 0. The van der Waals surface area contributed by atoms with E-state index in [1.54, 1.807) is 0 Å². The Hall–Kier alpha value is -7.87. The maximum Gasteiger partial charge on any atom is 0.0715 e. The van der Waals surface area contributed by atoms with E-state index in [-0.39, 0.29) is 0 Å². The minimum absolute atomic E-state index is 0.502. The molecule has 62 heavy (non-hydrogen) atoms. The Bertz CT molecular complexity index is 3000. The average Bonchev–Trinajstić information content (AvgIpc) is 3.84. The van der Waals surface area contributed by atoms with Gasteiger partial charge in [-0.2, -0.15) is 0 Å². The Morgan fingerprint density at radius 2 is 0.532 bits per heavy atom. The standard InChI is InChI=1S/C61H41N/c1-4-20-42(21-5-1)45-40-58(43-22-18-28-48(38-43)60(46-24-6-2-7-25-46)54-34-14-10-30-50(54)51-31-11-15-35-55(51)60)62-59(41-45)44-23-19-29-49(39-44)61(47-26-8-3-9-27-47)56-36-16-12-32-52(56)53-33-13-17-37-57(53)61/h1-41H. The lowest BCUT2D eigenvalue weighted by molar-refractivity contribution is 0.768. The van der Waals surface area contributed by atoms with Crippen LogP contribution in [-0.4, -0.2) is 4.98 Å². The van der Waals surface area contributed by atoms with Crippen molar-refractivity contribution in [3.05, 3.63) is 293 Å². The molecule has 1 heteroatoms. The summed E-state index contributed by atoms with van der Waals surface area (Å²) in [5.41, 5.74) is 20.6. The van der Waals surface area contributed by atoms with Gasteiger partial charge < -0.3 is 0 Å². The number of rotatable bonds is 7. The molecule has 0 saturated carbocycles. The first kappa shape index (κ1) is 36.0. The predicted octanol–water partition coefficient (Wildman–Crippen LogP) is 14.8. The summed E-state index contributed by atoms with van der Waals surface area (Å²) in [5.74, 6) is 0. The molecule has 0 aliphatic heterocycles. The van der Waals surface area contributed by atoms with Crippen LogP contribution in [0.4, 0.5) is 0 Å². The number of hydrogen-bond acceptors (Lipinski definition) is 1. The van der Waals surface area contributed by atoms with Crippen LogP contribution in [0.5, 0.6) is 0 Å². The van der Waals surface area contributed by atoms with Crippen LogP contribution in [0.25, 0.3) is 55.9 Å². The average molecular weight is 788 g/mol. The summed E-state index contributed by atoms with van der Waals surface area (Å²) in [6.45, 7) is 0. The zero-order valence-corrected chi connectivity index (χ0v) is 34.1. The number of fused-ring (bicyclic) bond motifs is 6. The largest absolute Gasteiger partial charge is 0.248 e. The second-order valence-corrected chi connectivity index (χ2v) is 16.6. The van der Waals surface area contributed by atoms with Crippen molar-refractivity contribution < 1.29 is 0 Å². The second kappa shape index (κ2) is 14.4. The molecule has 0 atom stereocenters. The van der Waals surface area contributed by atoms with Gasteiger partial charge in [-0.25, -0.2) is 4.98 Å². The fraction of sp³-hybridized carbons (Fsp3) is 0.0328. The topological polar surface area (TPSA) is 12.9 Å². The van der Waals surface area contributed by atoms with E-state index in [0.717, 1.165) is 33.6 Å². The lowest BCUT2D eigenvalue weighted by Gasteiger charge is -2.34. The molecule has 9 aromatic carbocycles. The molecule has 290 valence electrons. The normalized spacial score (nSPS) is 13.7. The summed E-state index contributed by atoms with van der Waals surface area (Å²) in [7, 11) is 0. The molecule has 0 spiro atoms. The molecule has 0 radical (unpaired) electrons. The molecule has 0 fully saturated rings. The molecular formula is C61H41N. The summed E-state index contributed by atoms with van der Waals surface area (Å²) in [5, 5.41) is 0. The van der Waals surface area contributed by atoms with E-state index >= 15 is 0 Å². The van der Waals surface area contributed by atoms with Gasteiger partial charge in [-0.3, -0.25) is 0 Å². The second-order valence-electron chi connectivity index (χ2n) is 16.6. The third-order valence-electron chi connectivity index (χ3n) is 13.4. The molecule has 1 aromatic heterocycles. The van der Waals surface area contributed by atoms with E-state index in [0.29, 0.717) is 0 Å². The van der Waals surface area contributed by atoms with Gasteiger partial charge in [0.25, 0.3) is 0 Å². The van der Waals surface area contributed by atoms with Crippen LogP contribution in [0.15, 0.2) is 249 Å². The number of aromatic nitrogens is 1. The van der Waals surface area contributed by atoms with Crippen LogP contribution in [0.1, 0.15) is 44.5 Å². The van der Waals surface area contributed by atoms with Gasteiger partial charge in [0.15, 0.2) is 0 Å². The van der Waals surface area contributed by atoms with Crippen molar-refractivity contribution in [3.63, 3.8) is 0 Å². The third-order valence-corrected chi connectivity index (χ3v) is 13.4.